The van der Waals surface area contributed by atoms with Gasteiger partial charge in [-0.3, -0.25) is 0 Å². The van der Waals surface area contributed by atoms with Gasteiger partial charge in [0, 0.05) is 10.8 Å². The van der Waals surface area contributed by atoms with Crippen LogP contribution < -0.4 is 0 Å². The quantitative estimate of drug-likeness (QED) is 0.172. The van der Waals surface area contributed by atoms with Gasteiger partial charge in [0.15, 0.2) is 0 Å². The molecule has 0 aliphatic heterocycles. The van der Waals surface area contributed by atoms with Crippen LogP contribution in [-0.2, 0) is 0 Å². The SMILES string of the molecule is [2H]c1c([2H])c([2H])c(-c2c([2H])c([2H])c3oc4c([2H])c([2H])c(-c5c6c([2H])c([2H])c([2H])c([2H])c6c(-c6c([2H])c([2H])c(-c7c([2H])c([2H])c8c([2H])c([2H])c([2H])c([2H])c8c7[2H])c([2H])c6[2H])c6c([2H])c([2H])c([2H])c([2H])c56)c([2H])c4c3c2[2H])c([2H])c1[2H]. The fourth-order valence-electron chi connectivity index (χ4n) is 5.62. The topological polar surface area (TPSA) is 13.1 Å². The van der Waals surface area contributed by atoms with Gasteiger partial charge in [0.05, 0.1) is 41.1 Å². The fraction of sp³-hybridized carbons (Fsp3) is 0. The summed E-state index contributed by atoms with van der Waals surface area (Å²) in [6.45, 7) is 0. The predicted octanol–water partition coefficient (Wildman–Crippen LogP) is 13.7. The van der Waals surface area contributed by atoms with E-state index in [0.29, 0.717) is 0 Å². The van der Waals surface area contributed by atoms with E-state index >= 15 is 0 Å². The van der Waals surface area contributed by atoms with Crippen molar-refractivity contribution in [2.45, 2.75) is 0 Å². The van der Waals surface area contributed by atoms with E-state index in [4.69, 9.17) is 29.1 Å². The lowest BCUT2D eigenvalue weighted by Gasteiger charge is -2.18. The van der Waals surface area contributed by atoms with Gasteiger partial charge in [0.2, 0.25) is 0 Å². The zero-order valence-corrected chi connectivity index (χ0v) is 24.4. The van der Waals surface area contributed by atoms with Gasteiger partial charge in [-0.1, -0.05) is 151 Å². The molecule has 0 amide bonds. The maximum atomic E-state index is 9.88. The number of benzene rings is 9. The average Bonchev–Trinajstić information content (AvgIpc) is 4.08. The van der Waals surface area contributed by atoms with Gasteiger partial charge < -0.3 is 4.42 Å². The predicted molar refractivity (Wildman–Crippen MR) is 208 cm³/mol. The number of hydrogen-bond acceptors (Lipinski definition) is 1. The minimum absolute atomic E-state index is 0.552. The van der Waals surface area contributed by atoms with Gasteiger partial charge >= 0.3 is 0 Å². The highest BCUT2D eigenvalue weighted by Gasteiger charge is 2.18. The van der Waals surface area contributed by atoms with E-state index in [-0.39, 0.29) is 0 Å². The van der Waals surface area contributed by atoms with Crippen molar-refractivity contribution in [1.82, 2.24) is 0 Å². The van der Waals surface area contributed by atoms with E-state index in [0.717, 1.165) is 0 Å². The van der Waals surface area contributed by atoms with Gasteiger partial charge in [0.1, 0.15) is 11.2 Å². The minimum Gasteiger partial charge on any atom is -0.456 e. The van der Waals surface area contributed by atoms with Gasteiger partial charge in [0.25, 0.3) is 0 Å². The molecule has 1 aromatic heterocycles. The molecule has 0 N–H and O–H groups in total. The number of hydrogen-bond donors (Lipinski definition) is 0. The van der Waals surface area contributed by atoms with Crippen LogP contribution >= 0.6 is 0 Å². The van der Waals surface area contributed by atoms with Crippen molar-refractivity contribution in [2.75, 3.05) is 0 Å². The first-order valence-electron chi connectivity index (χ1n) is 29.4. The van der Waals surface area contributed by atoms with Gasteiger partial charge in [-0.15, -0.1) is 0 Å². The second-order valence-electron chi connectivity index (χ2n) is 10.5. The van der Waals surface area contributed by atoms with Crippen LogP contribution in [-0.4, -0.2) is 0 Å². The van der Waals surface area contributed by atoms with Crippen molar-refractivity contribution < 1.29 is 45.5 Å². The van der Waals surface area contributed by atoms with Crippen LogP contribution in [0.3, 0.4) is 0 Å². The van der Waals surface area contributed by atoms with Crippen LogP contribution in [0, 0.1) is 0 Å². The summed E-state index contributed by atoms with van der Waals surface area (Å²) in [5, 5.41) is -5.47. The molecule has 228 valence electrons. The van der Waals surface area contributed by atoms with Crippen LogP contribution in [0.4, 0.5) is 0 Å². The Morgan fingerprint density at radius 2 is 0.714 bits per heavy atom. The van der Waals surface area contributed by atoms with E-state index in [1.807, 2.05) is 0 Å². The summed E-state index contributed by atoms with van der Waals surface area (Å²) in [6, 6.07) is -28.5. The van der Waals surface area contributed by atoms with E-state index in [1.165, 1.54) is 0 Å². The van der Waals surface area contributed by atoms with Crippen molar-refractivity contribution >= 4 is 54.3 Å². The van der Waals surface area contributed by atoms with E-state index in [2.05, 4.69) is 0 Å². The maximum absolute atomic E-state index is 9.88. The Kier molecular flexibility index (Phi) is 2.50. The zero-order chi connectivity index (χ0) is 58.4. The molecule has 0 aliphatic carbocycles. The maximum Gasteiger partial charge on any atom is 0.135 e. The molecule has 0 radical (unpaired) electrons. The molecule has 9 aromatic carbocycles. The molecule has 10 aromatic rings. The molecule has 0 aliphatic rings. The van der Waals surface area contributed by atoms with Crippen LogP contribution in [0.5, 0.6) is 0 Å². The van der Waals surface area contributed by atoms with E-state index in [9.17, 15) is 16.4 Å². The lowest BCUT2D eigenvalue weighted by Crippen LogP contribution is -1.91. The van der Waals surface area contributed by atoms with Crippen LogP contribution in [0.2, 0.25) is 0 Å². The van der Waals surface area contributed by atoms with Crippen LogP contribution in [0.15, 0.2) is 186 Å². The van der Waals surface area contributed by atoms with Crippen molar-refractivity contribution in [3.05, 3.63) is 181 Å². The zero-order valence-electron chi connectivity index (χ0n) is 54.4. The van der Waals surface area contributed by atoms with Crippen molar-refractivity contribution in [1.29, 1.82) is 0 Å². The Morgan fingerprint density at radius 1 is 0.286 bits per heavy atom. The standard InChI is InChI=1S/C48H30O/c1-2-10-31(11-3-1)37-24-26-45-43(29-37)44-30-38(25-27-46(44)49-45)48-41-16-8-6-14-39(41)47(40-15-7-9-17-42(40)48)34-21-18-33(19-22-34)36-23-20-32-12-4-5-13-35(32)28-36/h1-30H/i1D,2D,3D,4D,5D,6D,7D,8D,9D,10D,11D,12D,13D,14D,15D,16D,17D,18D,19D,20D,21D,22D,23D,24D,25D,26D,27D,28D,29D,30D. The molecular formula is C48H30O. The first kappa shape index (κ1) is 11.1. The molecule has 0 fully saturated rings. The Bertz CT molecular complexity index is 4460. The van der Waals surface area contributed by atoms with Crippen LogP contribution in [0.25, 0.3) is 98.8 Å². The van der Waals surface area contributed by atoms with Crippen molar-refractivity contribution in [2.24, 2.45) is 0 Å². The molecule has 0 bridgehead atoms. The van der Waals surface area contributed by atoms with Crippen molar-refractivity contribution in [3.63, 3.8) is 0 Å². The second-order valence-corrected chi connectivity index (χ2v) is 10.5. The van der Waals surface area contributed by atoms with Gasteiger partial charge in [-0.25, -0.2) is 0 Å². The third kappa shape index (κ3) is 4.55. The largest absolute Gasteiger partial charge is 0.456 e. The third-order valence-corrected chi connectivity index (χ3v) is 7.76. The van der Waals surface area contributed by atoms with E-state index < -0.39 is 280 Å². The van der Waals surface area contributed by atoms with Gasteiger partial charge in [-0.05, 0) is 107 Å². The summed E-state index contributed by atoms with van der Waals surface area (Å²) < 4.78 is 275. The number of fused-ring (bicyclic) bond motifs is 6. The lowest BCUT2D eigenvalue weighted by atomic mass is 9.85. The summed E-state index contributed by atoms with van der Waals surface area (Å²) in [5.74, 6) is 0. The fourth-order valence-corrected chi connectivity index (χ4v) is 5.62. The summed E-state index contributed by atoms with van der Waals surface area (Å²) in [4.78, 5) is 0. The first-order valence-corrected chi connectivity index (χ1v) is 14.4. The molecule has 10 rings (SSSR count). The first-order chi connectivity index (χ1) is 36.8. The highest BCUT2D eigenvalue weighted by molar-refractivity contribution is 6.22. The molecule has 1 nitrogen and oxygen atoms in total. The molecule has 0 saturated heterocycles. The summed E-state index contributed by atoms with van der Waals surface area (Å²) >= 11 is 0. The molecular weight excluding hydrogens is 593 g/mol. The highest BCUT2D eigenvalue weighted by Crippen LogP contribution is 2.45. The minimum atomic E-state index is -1.12. The van der Waals surface area contributed by atoms with Crippen LogP contribution in [0.1, 0.15) is 41.1 Å². The third-order valence-electron chi connectivity index (χ3n) is 7.76. The Morgan fingerprint density at radius 3 is 1.37 bits per heavy atom. The Labute approximate surface area is 326 Å². The number of furan rings is 1. The van der Waals surface area contributed by atoms with Crippen molar-refractivity contribution in [3.8, 4) is 44.5 Å². The molecule has 0 saturated carbocycles. The monoisotopic (exact) mass is 652 g/mol. The molecule has 0 atom stereocenters. The smallest absolute Gasteiger partial charge is 0.135 e. The normalized spacial score (nSPS) is 20.2. The lowest BCUT2D eigenvalue weighted by molar-refractivity contribution is 0.669. The summed E-state index contributed by atoms with van der Waals surface area (Å²) in [7, 11) is 0. The summed E-state index contributed by atoms with van der Waals surface area (Å²) in [6.07, 6.45) is 0. The second kappa shape index (κ2) is 11.1. The average molecular weight is 653 g/mol. The molecule has 1 heterocycles. The van der Waals surface area contributed by atoms with E-state index in [1.54, 1.807) is 0 Å². The Balaban J connectivity index is 1.42. The highest BCUT2D eigenvalue weighted by atomic mass is 16.3. The molecule has 0 unspecified atom stereocenters. The number of rotatable bonds is 4. The van der Waals surface area contributed by atoms with Gasteiger partial charge in [-0.2, -0.15) is 0 Å². The molecule has 49 heavy (non-hydrogen) atoms. The summed E-state index contributed by atoms with van der Waals surface area (Å²) in [5.41, 5.74) is -7.65. The molecule has 0 spiro atoms. The Hall–Kier alpha value is -6.44. The molecule has 1 heteroatoms.